The summed E-state index contributed by atoms with van der Waals surface area (Å²) < 4.78 is 4.77. The molecule has 1 aliphatic rings. The number of benzene rings is 1. The zero-order valence-corrected chi connectivity index (χ0v) is 7.75. The Morgan fingerprint density at radius 2 is 2.13 bits per heavy atom. The topological polar surface area (TPSA) is 65.7 Å². The van der Waals surface area contributed by atoms with Crippen LogP contribution < -0.4 is 5.01 Å². The lowest BCUT2D eigenvalue weighted by molar-refractivity contribution is 0.167. The van der Waals surface area contributed by atoms with Crippen LogP contribution in [0.15, 0.2) is 29.4 Å². The van der Waals surface area contributed by atoms with E-state index in [1.165, 1.54) is 6.21 Å². The van der Waals surface area contributed by atoms with Crippen LogP contribution in [-0.2, 0) is 4.74 Å². The van der Waals surface area contributed by atoms with Gasteiger partial charge in [-0.1, -0.05) is 0 Å². The van der Waals surface area contributed by atoms with E-state index in [0.717, 1.165) is 5.01 Å². The van der Waals surface area contributed by atoms with Crippen LogP contribution in [0.1, 0.15) is 5.56 Å². The van der Waals surface area contributed by atoms with Gasteiger partial charge in [-0.15, -0.1) is 0 Å². The number of nitrogens with zero attached hydrogens (tertiary/aromatic N) is 3. The molecule has 0 spiro atoms. The molecule has 1 aromatic rings. The van der Waals surface area contributed by atoms with Gasteiger partial charge < -0.3 is 4.74 Å². The van der Waals surface area contributed by atoms with E-state index < -0.39 is 6.09 Å². The highest BCUT2D eigenvalue weighted by Crippen LogP contribution is 2.17. The molecule has 0 fully saturated rings. The standard InChI is InChI=1S/C10H7N3O2/c11-7-8-1-3-9(4-2-8)13-10(14)15-6-5-12-13/h1-5H,6H2. The molecule has 1 aliphatic heterocycles. The molecule has 0 N–H and O–H groups in total. The molecule has 0 bridgehead atoms. The molecule has 0 saturated heterocycles. The first-order valence-electron chi connectivity index (χ1n) is 4.31. The van der Waals surface area contributed by atoms with Crippen LogP contribution in [0.5, 0.6) is 0 Å². The Morgan fingerprint density at radius 1 is 1.40 bits per heavy atom. The molecule has 0 saturated carbocycles. The zero-order valence-electron chi connectivity index (χ0n) is 7.75. The smallest absolute Gasteiger partial charge is 0.435 e. The summed E-state index contributed by atoms with van der Waals surface area (Å²) in [6.45, 7) is 0.200. The summed E-state index contributed by atoms with van der Waals surface area (Å²) in [5, 5.41) is 13.6. The number of anilines is 1. The third-order valence-electron chi connectivity index (χ3n) is 1.89. The van der Waals surface area contributed by atoms with Gasteiger partial charge in [0.1, 0.15) is 6.61 Å². The first-order valence-corrected chi connectivity index (χ1v) is 4.31. The van der Waals surface area contributed by atoms with Crippen LogP contribution >= 0.6 is 0 Å². The molecule has 5 heteroatoms. The Hall–Kier alpha value is -2.35. The maximum absolute atomic E-state index is 11.3. The van der Waals surface area contributed by atoms with Crippen LogP contribution in [-0.4, -0.2) is 18.9 Å². The molecule has 1 aromatic carbocycles. The predicted octanol–water partition coefficient (Wildman–Crippen LogP) is 1.50. The minimum atomic E-state index is -0.512. The van der Waals surface area contributed by atoms with Crippen molar-refractivity contribution in [1.29, 1.82) is 5.26 Å². The summed E-state index contributed by atoms with van der Waals surface area (Å²) in [6.07, 6.45) is 0.988. The second-order valence-electron chi connectivity index (χ2n) is 2.85. The van der Waals surface area contributed by atoms with Crippen LogP contribution in [0.3, 0.4) is 0 Å². The molecule has 0 aromatic heterocycles. The van der Waals surface area contributed by atoms with Gasteiger partial charge in [-0.25, -0.2) is 4.79 Å². The van der Waals surface area contributed by atoms with Crippen LogP contribution in [0.4, 0.5) is 10.5 Å². The molecular formula is C10H7N3O2. The molecule has 0 radical (unpaired) electrons. The average Bonchev–Trinajstić information content (AvgIpc) is 2.30. The van der Waals surface area contributed by atoms with E-state index in [1.807, 2.05) is 6.07 Å². The second kappa shape index (κ2) is 3.80. The number of nitriles is 1. The number of carbonyl (C=O) groups is 1. The van der Waals surface area contributed by atoms with Crippen molar-refractivity contribution in [3.63, 3.8) is 0 Å². The third kappa shape index (κ3) is 1.79. The number of carbonyl (C=O) groups excluding carboxylic acids is 1. The number of amides is 1. The summed E-state index contributed by atoms with van der Waals surface area (Å²) in [6, 6.07) is 8.51. The van der Waals surface area contributed by atoms with Gasteiger partial charge in [-0.2, -0.15) is 15.4 Å². The van der Waals surface area contributed by atoms with Crippen molar-refractivity contribution in [2.45, 2.75) is 0 Å². The Balaban J connectivity index is 2.29. The normalized spacial score (nSPS) is 14.6. The minimum Gasteiger partial charge on any atom is -0.442 e. The lowest BCUT2D eigenvalue weighted by Gasteiger charge is -2.19. The SMILES string of the molecule is N#Cc1ccc(N2N=CCOC2=O)cc1. The lowest BCUT2D eigenvalue weighted by Crippen LogP contribution is -2.31. The Morgan fingerprint density at radius 3 is 2.73 bits per heavy atom. The van der Waals surface area contributed by atoms with Crippen molar-refractivity contribution in [2.24, 2.45) is 5.10 Å². The molecule has 2 rings (SSSR count). The van der Waals surface area contributed by atoms with Crippen molar-refractivity contribution in [3.05, 3.63) is 29.8 Å². The Kier molecular flexibility index (Phi) is 2.33. The van der Waals surface area contributed by atoms with E-state index in [1.54, 1.807) is 24.3 Å². The van der Waals surface area contributed by atoms with Crippen molar-refractivity contribution in [2.75, 3.05) is 11.6 Å². The highest BCUT2D eigenvalue weighted by Gasteiger charge is 2.18. The summed E-state index contributed by atoms with van der Waals surface area (Å²) in [7, 11) is 0. The fraction of sp³-hybridized carbons (Fsp3) is 0.100. The monoisotopic (exact) mass is 201 g/mol. The first-order chi connectivity index (χ1) is 7.31. The van der Waals surface area contributed by atoms with Gasteiger partial charge in [-0.3, -0.25) is 0 Å². The molecular weight excluding hydrogens is 194 g/mol. The fourth-order valence-electron chi connectivity index (χ4n) is 1.18. The summed E-state index contributed by atoms with van der Waals surface area (Å²) in [5.41, 5.74) is 1.11. The molecule has 1 heterocycles. The number of hydrogen-bond donors (Lipinski definition) is 0. The summed E-state index contributed by atoms with van der Waals surface area (Å²) >= 11 is 0. The number of cyclic esters (lactones) is 1. The maximum Gasteiger partial charge on any atom is 0.435 e. The Labute approximate surface area is 86.2 Å². The van der Waals surface area contributed by atoms with E-state index in [-0.39, 0.29) is 6.61 Å². The third-order valence-corrected chi connectivity index (χ3v) is 1.89. The van der Waals surface area contributed by atoms with Crippen molar-refractivity contribution in [1.82, 2.24) is 0 Å². The quantitative estimate of drug-likeness (QED) is 0.691. The van der Waals surface area contributed by atoms with Crippen molar-refractivity contribution in [3.8, 4) is 6.07 Å². The maximum atomic E-state index is 11.3. The highest BCUT2D eigenvalue weighted by atomic mass is 16.6. The highest BCUT2D eigenvalue weighted by molar-refractivity contribution is 5.91. The van der Waals surface area contributed by atoms with Gasteiger partial charge >= 0.3 is 6.09 Å². The van der Waals surface area contributed by atoms with Gasteiger partial charge in [0.25, 0.3) is 0 Å². The van der Waals surface area contributed by atoms with E-state index in [0.29, 0.717) is 11.3 Å². The van der Waals surface area contributed by atoms with E-state index in [2.05, 4.69) is 5.10 Å². The minimum absolute atomic E-state index is 0.200. The summed E-state index contributed by atoms with van der Waals surface area (Å²) in [5.74, 6) is 0. The van der Waals surface area contributed by atoms with E-state index >= 15 is 0 Å². The van der Waals surface area contributed by atoms with Crippen LogP contribution in [0.25, 0.3) is 0 Å². The molecule has 0 unspecified atom stereocenters. The van der Waals surface area contributed by atoms with Crippen molar-refractivity contribution >= 4 is 18.0 Å². The second-order valence-corrected chi connectivity index (χ2v) is 2.85. The molecule has 15 heavy (non-hydrogen) atoms. The summed E-state index contributed by atoms with van der Waals surface area (Å²) in [4.78, 5) is 11.3. The van der Waals surface area contributed by atoms with Crippen LogP contribution in [0, 0.1) is 11.3 Å². The molecule has 1 amide bonds. The first kappa shape index (κ1) is 9.21. The number of hydrogen-bond acceptors (Lipinski definition) is 4. The molecule has 5 nitrogen and oxygen atoms in total. The number of hydrazone groups is 1. The van der Waals surface area contributed by atoms with Gasteiger partial charge in [0.05, 0.1) is 23.5 Å². The van der Waals surface area contributed by atoms with Gasteiger partial charge in [0, 0.05) is 0 Å². The van der Waals surface area contributed by atoms with E-state index in [9.17, 15) is 4.79 Å². The zero-order chi connectivity index (χ0) is 10.7. The Bertz CT molecular complexity index is 445. The molecule has 74 valence electrons. The number of ether oxygens (including phenoxy) is 1. The van der Waals surface area contributed by atoms with Crippen LogP contribution in [0.2, 0.25) is 0 Å². The van der Waals surface area contributed by atoms with Gasteiger partial charge in [0.15, 0.2) is 0 Å². The van der Waals surface area contributed by atoms with E-state index in [4.69, 9.17) is 10.00 Å². The lowest BCUT2D eigenvalue weighted by atomic mass is 10.2. The largest absolute Gasteiger partial charge is 0.442 e. The fourth-order valence-corrected chi connectivity index (χ4v) is 1.18. The van der Waals surface area contributed by atoms with Crippen molar-refractivity contribution < 1.29 is 9.53 Å². The predicted molar refractivity (Wildman–Crippen MR) is 53.5 cm³/mol. The molecule has 0 atom stereocenters. The average molecular weight is 201 g/mol. The van der Waals surface area contributed by atoms with Gasteiger partial charge in [0.2, 0.25) is 0 Å². The number of rotatable bonds is 1. The van der Waals surface area contributed by atoms with Gasteiger partial charge in [-0.05, 0) is 24.3 Å². The molecule has 0 aliphatic carbocycles.